The van der Waals surface area contributed by atoms with Gasteiger partial charge in [-0.1, -0.05) is 15.9 Å². The first-order chi connectivity index (χ1) is 9.51. The quantitative estimate of drug-likeness (QED) is 0.767. The fourth-order valence-corrected chi connectivity index (χ4v) is 4.00. The van der Waals surface area contributed by atoms with E-state index in [0.29, 0.717) is 12.1 Å². The molecule has 2 rings (SSSR count). The van der Waals surface area contributed by atoms with Crippen LogP contribution in [0.5, 0.6) is 0 Å². The summed E-state index contributed by atoms with van der Waals surface area (Å²) in [6.07, 6.45) is 0. The molecule has 1 unspecified atom stereocenters. The van der Waals surface area contributed by atoms with Crippen molar-refractivity contribution >= 4 is 43.2 Å². The number of benzene rings is 1. The Morgan fingerprint density at radius 1 is 1.30 bits per heavy atom. The van der Waals surface area contributed by atoms with Crippen LogP contribution in [-0.2, 0) is 6.54 Å². The molecule has 0 aliphatic carbocycles. The molecular formula is C14H15Br2FN2S. The summed E-state index contributed by atoms with van der Waals surface area (Å²) in [5, 5.41) is 2.04. The van der Waals surface area contributed by atoms with Gasteiger partial charge in [0.25, 0.3) is 0 Å². The van der Waals surface area contributed by atoms with Crippen LogP contribution in [-0.4, -0.2) is 18.5 Å². The molecule has 6 heteroatoms. The Bertz CT molecular complexity index is 588. The van der Waals surface area contributed by atoms with Crippen molar-refractivity contribution in [3.8, 4) is 0 Å². The maximum Gasteiger partial charge on any atom is 0.128 e. The van der Waals surface area contributed by atoms with E-state index in [1.54, 1.807) is 23.5 Å². The Kier molecular flexibility index (Phi) is 5.74. The van der Waals surface area contributed by atoms with Crippen molar-refractivity contribution in [3.63, 3.8) is 0 Å². The summed E-state index contributed by atoms with van der Waals surface area (Å²) >= 11 is 8.50. The lowest BCUT2D eigenvalue weighted by molar-refractivity contribution is 0.238. The highest BCUT2D eigenvalue weighted by Crippen LogP contribution is 2.28. The highest BCUT2D eigenvalue weighted by Gasteiger charge is 2.20. The number of rotatable bonds is 5. The van der Waals surface area contributed by atoms with Crippen LogP contribution in [0.2, 0.25) is 0 Å². The topological polar surface area (TPSA) is 29.3 Å². The second-order valence-electron chi connectivity index (χ2n) is 4.56. The molecule has 0 spiro atoms. The number of hydrogen-bond donors (Lipinski definition) is 1. The summed E-state index contributed by atoms with van der Waals surface area (Å²) in [5.74, 6) is -0.220. The molecule has 2 aromatic rings. The molecule has 2 nitrogen and oxygen atoms in total. The number of halogens is 3. The summed E-state index contributed by atoms with van der Waals surface area (Å²) in [6.45, 7) is 1.11. The molecule has 1 heterocycles. The zero-order valence-corrected chi connectivity index (χ0v) is 14.9. The molecule has 1 atom stereocenters. The lowest BCUT2D eigenvalue weighted by Crippen LogP contribution is -2.30. The zero-order valence-electron chi connectivity index (χ0n) is 10.9. The fraction of sp³-hybridized carbons (Fsp3) is 0.286. The first-order valence-electron chi connectivity index (χ1n) is 6.09. The van der Waals surface area contributed by atoms with Gasteiger partial charge in [-0.3, -0.25) is 4.90 Å². The third-order valence-electron chi connectivity index (χ3n) is 3.10. The van der Waals surface area contributed by atoms with Crippen LogP contribution in [0.1, 0.15) is 16.5 Å². The van der Waals surface area contributed by atoms with Crippen molar-refractivity contribution in [2.45, 2.75) is 12.6 Å². The number of nitrogens with zero attached hydrogens (tertiary/aromatic N) is 1. The molecule has 1 aromatic heterocycles. The van der Waals surface area contributed by atoms with E-state index < -0.39 is 0 Å². The minimum Gasteiger partial charge on any atom is -0.329 e. The van der Waals surface area contributed by atoms with Crippen LogP contribution >= 0.6 is 43.2 Å². The highest BCUT2D eigenvalue weighted by atomic mass is 79.9. The molecular weight excluding hydrogens is 407 g/mol. The third kappa shape index (κ3) is 3.89. The van der Waals surface area contributed by atoms with E-state index >= 15 is 0 Å². The van der Waals surface area contributed by atoms with E-state index in [9.17, 15) is 4.39 Å². The molecule has 0 fully saturated rings. The lowest BCUT2D eigenvalue weighted by Gasteiger charge is -2.27. The summed E-state index contributed by atoms with van der Waals surface area (Å²) in [5.41, 5.74) is 6.48. The number of nitrogens with two attached hydrogens (primary N) is 1. The van der Waals surface area contributed by atoms with E-state index in [1.807, 2.05) is 12.4 Å². The maximum atomic E-state index is 14.0. The smallest absolute Gasteiger partial charge is 0.128 e. The van der Waals surface area contributed by atoms with Gasteiger partial charge in [-0.25, -0.2) is 4.39 Å². The third-order valence-corrected chi connectivity index (χ3v) is 5.27. The molecule has 0 radical (unpaired) electrons. The van der Waals surface area contributed by atoms with Gasteiger partial charge >= 0.3 is 0 Å². The standard InChI is InChI=1S/C14H15Br2FN2S/c1-19(7-11-4-10(16)8-20-11)14(6-18)12-5-9(15)2-3-13(12)17/h2-5,8,14H,6-7,18H2,1H3. The van der Waals surface area contributed by atoms with Crippen LogP contribution in [0, 0.1) is 5.82 Å². The molecule has 20 heavy (non-hydrogen) atoms. The van der Waals surface area contributed by atoms with Crippen molar-refractivity contribution in [1.29, 1.82) is 0 Å². The van der Waals surface area contributed by atoms with Gasteiger partial charge in [-0.2, -0.15) is 0 Å². The number of thiophene rings is 1. The van der Waals surface area contributed by atoms with Gasteiger partial charge in [0.1, 0.15) is 5.82 Å². The van der Waals surface area contributed by atoms with Crippen molar-refractivity contribution < 1.29 is 4.39 Å². The van der Waals surface area contributed by atoms with Crippen molar-refractivity contribution in [2.75, 3.05) is 13.6 Å². The van der Waals surface area contributed by atoms with Crippen LogP contribution in [0.4, 0.5) is 4.39 Å². The minimum atomic E-state index is -0.220. The van der Waals surface area contributed by atoms with Crippen LogP contribution in [0.3, 0.4) is 0 Å². The molecule has 0 saturated carbocycles. The summed E-state index contributed by atoms with van der Waals surface area (Å²) < 4.78 is 15.9. The molecule has 0 aliphatic rings. The summed E-state index contributed by atoms with van der Waals surface area (Å²) in [4.78, 5) is 3.29. The predicted octanol–water partition coefficient (Wildman–Crippen LogP) is 4.54. The van der Waals surface area contributed by atoms with Gasteiger partial charge in [0, 0.05) is 37.9 Å². The monoisotopic (exact) mass is 420 g/mol. The molecule has 0 amide bonds. The van der Waals surface area contributed by atoms with Crippen LogP contribution < -0.4 is 5.73 Å². The number of likely N-dealkylation sites (N-methyl/N-ethyl adjacent to an activating group) is 1. The largest absolute Gasteiger partial charge is 0.329 e. The number of hydrogen-bond acceptors (Lipinski definition) is 3. The Balaban J connectivity index is 2.20. The summed E-state index contributed by atoms with van der Waals surface area (Å²) in [6, 6.07) is 6.90. The highest BCUT2D eigenvalue weighted by molar-refractivity contribution is 9.10. The molecule has 0 bridgehead atoms. The second-order valence-corrected chi connectivity index (χ2v) is 7.39. The Morgan fingerprint density at radius 3 is 2.65 bits per heavy atom. The summed E-state index contributed by atoms with van der Waals surface area (Å²) in [7, 11) is 1.96. The zero-order chi connectivity index (χ0) is 14.7. The average molecular weight is 422 g/mol. The lowest BCUT2D eigenvalue weighted by atomic mass is 10.1. The van der Waals surface area contributed by atoms with Crippen molar-refractivity contribution in [3.05, 3.63) is 54.8 Å². The van der Waals surface area contributed by atoms with Gasteiger partial charge in [0.15, 0.2) is 0 Å². The first kappa shape index (κ1) is 16.1. The van der Waals surface area contributed by atoms with Gasteiger partial charge in [-0.15, -0.1) is 11.3 Å². The van der Waals surface area contributed by atoms with E-state index in [2.05, 4.69) is 42.8 Å². The molecule has 1 aromatic carbocycles. The Labute approximate surface area is 139 Å². The molecule has 108 valence electrons. The first-order valence-corrected chi connectivity index (χ1v) is 8.56. The van der Waals surface area contributed by atoms with Gasteiger partial charge < -0.3 is 5.73 Å². The van der Waals surface area contributed by atoms with E-state index in [4.69, 9.17) is 5.73 Å². The van der Waals surface area contributed by atoms with Gasteiger partial charge in [0.2, 0.25) is 0 Å². The van der Waals surface area contributed by atoms with Crippen molar-refractivity contribution in [2.24, 2.45) is 5.73 Å². The van der Waals surface area contributed by atoms with Gasteiger partial charge in [0.05, 0.1) is 6.04 Å². The normalized spacial score (nSPS) is 12.9. The molecule has 2 N–H and O–H groups in total. The van der Waals surface area contributed by atoms with E-state index in [0.717, 1.165) is 15.5 Å². The molecule has 0 aliphatic heterocycles. The Hall–Kier alpha value is -0.270. The minimum absolute atomic E-state index is 0.145. The van der Waals surface area contributed by atoms with Crippen molar-refractivity contribution in [1.82, 2.24) is 4.90 Å². The van der Waals surface area contributed by atoms with Gasteiger partial charge in [-0.05, 0) is 47.2 Å². The fourth-order valence-electron chi connectivity index (χ4n) is 2.11. The average Bonchev–Trinajstić information content (AvgIpc) is 2.80. The SMILES string of the molecule is CN(Cc1cc(Br)cs1)C(CN)c1cc(Br)ccc1F. The van der Waals surface area contributed by atoms with Crippen LogP contribution in [0.15, 0.2) is 38.6 Å². The predicted molar refractivity (Wildman–Crippen MR) is 89.4 cm³/mol. The maximum absolute atomic E-state index is 14.0. The van der Waals surface area contributed by atoms with E-state index in [1.165, 1.54) is 10.9 Å². The second kappa shape index (κ2) is 7.13. The van der Waals surface area contributed by atoms with Crippen LogP contribution in [0.25, 0.3) is 0 Å². The molecule has 0 saturated heterocycles. The van der Waals surface area contributed by atoms with E-state index in [-0.39, 0.29) is 11.9 Å². The Morgan fingerprint density at radius 2 is 2.05 bits per heavy atom.